The molecule has 0 bridgehead atoms. The van der Waals surface area contributed by atoms with Crippen molar-refractivity contribution >= 4 is 11.9 Å². The molecule has 1 aliphatic rings. The highest BCUT2D eigenvalue weighted by molar-refractivity contribution is 5.80. The number of carbonyl (C=O) groups is 2. The summed E-state index contributed by atoms with van der Waals surface area (Å²) in [5, 5.41) is 8.92. The Morgan fingerprint density at radius 2 is 2.33 bits per heavy atom. The van der Waals surface area contributed by atoms with Crippen LogP contribution >= 0.6 is 0 Å². The Labute approximate surface area is 90.3 Å². The number of piperidine rings is 1. The molecule has 4 nitrogen and oxygen atoms in total. The zero-order chi connectivity index (χ0) is 11.4. The predicted octanol–water partition coefficient (Wildman–Crippen LogP) is 1.50. The molecule has 0 aromatic heterocycles. The first-order valence-corrected chi connectivity index (χ1v) is 5.58. The third kappa shape index (κ3) is 2.94. The second-order valence-corrected chi connectivity index (χ2v) is 4.26. The van der Waals surface area contributed by atoms with Crippen molar-refractivity contribution in [2.75, 3.05) is 6.54 Å². The van der Waals surface area contributed by atoms with Crippen LogP contribution < -0.4 is 0 Å². The van der Waals surface area contributed by atoms with Gasteiger partial charge in [-0.2, -0.15) is 0 Å². The molecule has 1 rings (SSSR count). The quantitative estimate of drug-likeness (QED) is 0.769. The molecule has 1 fully saturated rings. The van der Waals surface area contributed by atoms with Gasteiger partial charge in [0.05, 0.1) is 5.92 Å². The maximum Gasteiger partial charge on any atom is 0.308 e. The van der Waals surface area contributed by atoms with Gasteiger partial charge in [0.1, 0.15) is 0 Å². The van der Waals surface area contributed by atoms with Crippen LogP contribution in [-0.4, -0.2) is 34.5 Å². The molecule has 0 spiro atoms. The summed E-state index contributed by atoms with van der Waals surface area (Å²) in [7, 11) is 0. The highest BCUT2D eigenvalue weighted by atomic mass is 16.4. The number of carbonyl (C=O) groups excluding carboxylic acids is 1. The summed E-state index contributed by atoms with van der Waals surface area (Å²) in [6, 6.07) is 0.171. The Morgan fingerprint density at radius 3 is 2.87 bits per heavy atom. The van der Waals surface area contributed by atoms with E-state index in [2.05, 4.69) is 6.92 Å². The third-order valence-electron chi connectivity index (χ3n) is 3.03. The lowest BCUT2D eigenvalue weighted by atomic mass is 9.96. The molecule has 0 saturated carbocycles. The van der Waals surface area contributed by atoms with Crippen molar-refractivity contribution in [3.8, 4) is 0 Å². The Bertz CT molecular complexity index is 252. The lowest BCUT2D eigenvalue weighted by Gasteiger charge is -2.35. The van der Waals surface area contributed by atoms with Crippen LogP contribution in [0.3, 0.4) is 0 Å². The van der Waals surface area contributed by atoms with Crippen LogP contribution in [0, 0.1) is 5.92 Å². The molecule has 86 valence electrons. The van der Waals surface area contributed by atoms with Crippen LogP contribution in [0.5, 0.6) is 0 Å². The van der Waals surface area contributed by atoms with Crippen LogP contribution in [0.2, 0.25) is 0 Å². The molecule has 1 aliphatic heterocycles. The number of aliphatic carboxylic acids is 1. The molecule has 1 saturated heterocycles. The SMILES string of the molecule is CCCC(C)N1CC(C(=O)O)CCC1=O. The normalized spacial score (nSPS) is 24.0. The zero-order valence-electron chi connectivity index (χ0n) is 9.40. The molecule has 0 aromatic carbocycles. The first kappa shape index (κ1) is 12.0. The molecule has 1 amide bonds. The fourth-order valence-electron chi connectivity index (χ4n) is 2.07. The molecular weight excluding hydrogens is 194 g/mol. The van der Waals surface area contributed by atoms with Crippen molar-refractivity contribution in [3.63, 3.8) is 0 Å². The summed E-state index contributed by atoms with van der Waals surface area (Å²) in [5.41, 5.74) is 0. The molecule has 1 N–H and O–H groups in total. The van der Waals surface area contributed by atoms with Gasteiger partial charge in [0.15, 0.2) is 0 Å². The number of nitrogens with zero attached hydrogens (tertiary/aromatic N) is 1. The Kier molecular flexibility index (Phi) is 4.12. The molecule has 2 atom stereocenters. The van der Waals surface area contributed by atoms with Crippen molar-refractivity contribution in [1.82, 2.24) is 4.90 Å². The van der Waals surface area contributed by atoms with Gasteiger partial charge in [-0.3, -0.25) is 9.59 Å². The summed E-state index contributed by atoms with van der Waals surface area (Å²) in [4.78, 5) is 24.2. The van der Waals surface area contributed by atoms with Gasteiger partial charge in [0.25, 0.3) is 0 Å². The van der Waals surface area contributed by atoms with E-state index in [0.29, 0.717) is 19.4 Å². The number of carboxylic acids is 1. The Hall–Kier alpha value is -1.06. The van der Waals surface area contributed by atoms with Crippen LogP contribution in [0.15, 0.2) is 0 Å². The third-order valence-corrected chi connectivity index (χ3v) is 3.03. The number of hydrogen-bond donors (Lipinski definition) is 1. The van der Waals surface area contributed by atoms with Crippen LogP contribution in [0.1, 0.15) is 39.5 Å². The van der Waals surface area contributed by atoms with Gasteiger partial charge in [0, 0.05) is 19.0 Å². The first-order valence-electron chi connectivity index (χ1n) is 5.58. The summed E-state index contributed by atoms with van der Waals surface area (Å²) in [6.07, 6.45) is 2.83. The second kappa shape index (κ2) is 5.14. The zero-order valence-corrected chi connectivity index (χ0v) is 9.40. The smallest absolute Gasteiger partial charge is 0.308 e. The van der Waals surface area contributed by atoms with Crippen LogP contribution in [0.25, 0.3) is 0 Å². The van der Waals surface area contributed by atoms with E-state index in [1.807, 2.05) is 6.92 Å². The Balaban J connectivity index is 2.60. The van der Waals surface area contributed by atoms with Gasteiger partial charge in [-0.1, -0.05) is 13.3 Å². The molecule has 0 radical (unpaired) electrons. The fraction of sp³-hybridized carbons (Fsp3) is 0.818. The highest BCUT2D eigenvalue weighted by Crippen LogP contribution is 2.21. The second-order valence-electron chi connectivity index (χ2n) is 4.26. The monoisotopic (exact) mass is 213 g/mol. The predicted molar refractivity (Wildman–Crippen MR) is 56.4 cm³/mol. The van der Waals surface area contributed by atoms with E-state index in [0.717, 1.165) is 12.8 Å². The van der Waals surface area contributed by atoms with E-state index in [4.69, 9.17) is 5.11 Å². The van der Waals surface area contributed by atoms with Crippen molar-refractivity contribution in [2.45, 2.75) is 45.6 Å². The standard InChI is InChI=1S/C11H19NO3/c1-3-4-8(2)12-7-9(11(14)15)5-6-10(12)13/h8-9H,3-7H2,1-2H3,(H,14,15). The maximum absolute atomic E-state index is 11.6. The van der Waals surface area contributed by atoms with Crippen LogP contribution in [0.4, 0.5) is 0 Å². The Morgan fingerprint density at radius 1 is 1.67 bits per heavy atom. The summed E-state index contributed by atoms with van der Waals surface area (Å²) in [6.45, 7) is 4.45. The largest absolute Gasteiger partial charge is 0.481 e. The summed E-state index contributed by atoms with van der Waals surface area (Å²) >= 11 is 0. The summed E-state index contributed by atoms with van der Waals surface area (Å²) < 4.78 is 0. The van der Waals surface area contributed by atoms with Crippen molar-refractivity contribution < 1.29 is 14.7 Å². The van der Waals surface area contributed by atoms with E-state index in [-0.39, 0.29) is 17.9 Å². The van der Waals surface area contributed by atoms with Crippen molar-refractivity contribution in [1.29, 1.82) is 0 Å². The van der Waals surface area contributed by atoms with Crippen molar-refractivity contribution in [3.05, 3.63) is 0 Å². The molecule has 15 heavy (non-hydrogen) atoms. The number of carboxylic acid groups (broad SMARTS) is 1. The van der Waals surface area contributed by atoms with Crippen molar-refractivity contribution in [2.24, 2.45) is 5.92 Å². The van der Waals surface area contributed by atoms with Gasteiger partial charge in [-0.05, 0) is 19.8 Å². The molecule has 1 heterocycles. The molecule has 0 aliphatic carbocycles. The van der Waals surface area contributed by atoms with Gasteiger partial charge in [-0.15, -0.1) is 0 Å². The topological polar surface area (TPSA) is 57.6 Å². The van der Waals surface area contributed by atoms with Gasteiger partial charge < -0.3 is 10.0 Å². The van der Waals surface area contributed by atoms with E-state index in [1.165, 1.54) is 0 Å². The highest BCUT2D eigenvalue weighted by Gasteiger charge is 2.32. The lowest BCUT2D eigenvalue weighted by molar-refractivity contribution is -0.148. The summed E-state index contributed by atoms with van der Waals surface area (Å²) in [5.74, 6) is -1.05. The van der Waals surface area contributed by atoms with Gasteiger partial charge in [-0.25, -0.2) is 0 Å². The average molecular weight is 213 g/mol. The minimum atomic E-state index is -0.781. The van der Waals surface area contributed by atoms with Gasteiger partial charge >= 0.3 is 5.97 Å². The molecule has 4 heteroatoms. The van der Waals surface area contributed by atoms with E-state index >= 15 is 0 Å². The average Bonchev–Trinajstić information content (AvgIpc) is 2.18. The maximum atomic E-state index is 11.6. The molecule has 2 unspecified atom stereocenters. The van der Waals surface area contributed by atoms with E-state index in [9.17, 15) is 9.59 Å². The van der Waals surface area contributed by atoms with E-state index in [1.54, 1.807) is 4.90 Å². The lowest BCUT2D eigenvalue weighted by Crippen LogP contribution is -2.47. The first-order chi connectivity index (χ1) is 7.06. The van der Waals surface area contributed by atoms with Gasteiger partial charge in [0.2, 0.25) is 5.91 Å². The minimum Gasteiger partial charge on any atom is -0.481 e. The van der Waals surface area contributed by atoms with Crippen LogP contribution in [-0.2, 0) is 9.59 Å². The van der Waals surface area contributed by atoms with E-state index < -0.39 is 5.97 Å². The number of amides is 1. The molecular formula is C11H19NO3. The molecule has 0 aromatic rings. The minimum absolute atomic E-state index is 0.105. The number of likely N-dealkylation sites (tertiary alicyclic amines) is 1. The fourth-order valence-corrected chi connectivity index (χ4v) is 2.07. The number of hydrogen-bond acceptors (Lipinski definition) is 2. The number of rotatable bonds is 4.